The topological polar surface area (TPSA) is 172 Å². The predicted octanol–water partition coefficient (Wildman–Crippen LogP) is -0.0112. The van der Waals surface area contributed by atoms with Gasteiger partial charge in [0.25, 0.3) is 5.91 Å². The number of β-lactam (4-membered cyclic amide) rings is 1. The molecule has 1 aromatic rings. The van der Waals surface area contributed by atoms with E-state index >= 15 is 0 Å². The number of hydrogen-bond donors (Lipinski definition) is 2. The zero-order valence-corrected chi connectivity index (χ0v) is 22.0. The molecule has 3 rings (SSSR count). The highest BCUT2D eigenvalue weighted by molar-refractivity contribution is 8.01. The lowest BCUT2D eigenvalue weighted by molar-refractivity contribution is -0.184. The average molecular weight is 586 g/mol. The molecule has 0 aliphatic carbocycles. The summed E-state index contributed by atoms with van der Waals surface area (Å²) in [7, 11) is 1.62. The van der Waals surface area contributed by atoms with Gasteiger partial charge in [0.05, 0.1) is 5.75 Å². The Labute approximate surface area is 220 Å². The largest absolute Gasteiger partial charge is 0.442 e. The number of nitrogens with one attached hydrogen (secondary N) is 1. The number of carbonyl (C=O) groups excluding carboxylic acids is 4. The molecular weight excluding hydrogens is 563 g/mol. The second kappa shape index (κ2) is 11.9. The minimum Gasteiger partial charge on any atom is -0.424 e. The van der Waals surface area contributed by atoms with Crippen molar-refractivity contribution in [2.45, 2.75) is 48.3 Å². The van der Waals surface area contributed by atoms with E-state index in [1.807, 2.05) is 0 Å². The fourth-order valence-corrected chi connectivity index (χ4v) is 5.85. The van der Waals surface area contributed by atoms with Crippen molar-refractivity contribution >= 4 is 59.0 Å². The molecule has 1 saturated heterocycles. The van der Waals surface area contributed by atoms with Crippen LogP contribution in [0.15, 0.2) is 16.4 Å². The van der Waals surface area contributed by atoms with Crippen LogP contribution >= 0.6 is 35.3 Å². The Morgan fingerprint density at radius 1 is 1.30 bits per heavy atom. The lowest BCUT2D eigenvalue weighted by Crippen LogP contribution is -2.70. The summed E-state index contributed by atoms with van der Waals surface area (Å²) in [5.41, 5.74) is 1.21. The highest BCUT2D eigenvalue weighted by atomic mass is 32.2. The number of ether oxygens (including phenoxy) is 2. The first-order valence-corrected chi connectivity index (χ1v) is 13.5. The third kappa shape index (κ3) is 7.29. The number of rotatable bonds is 10. The molecule has 13 nitrogen and oxygen atoms in total. The molecule has 0 spiro atoms. The first kappa shape index (κ1) is 29.1. The Balaban J connectivity index is 1.76. The number of nitrogens with two attached hydrogens (primary N) is 1. The average Bonchev–Trinajstić information content (AvgIpc) is 3.22. The van der Waals surface area contributed by atoms with E-state index in [1.165, 1.54) is 42.1 Å². The van der Waals surface area contributed by atoms with Crippen LogP contribution in [0.5, 0.6) is 0 Å². The molecular formula is C18H22F3N7O6S3. The SMILES string of the molecule is CC(OC(=O)C1=C(CSc2nnnn2C)CS[C@@H]2C(NC(=O)CSC(F)(F)F)C(=O)N12)OC(=O)[C@H](C)N. The second-order valence-electron chi connectivity index (χ2n) is 7.71. The van der Waals surface area contributed by atoms with Gasteiger partial charge < -0.3 is 20.5 Å². The third-order valence-corrected chi connectivity index (χ3v) is 7.98. The molecule has 37 heavy (non-hydrogen) atoms. The minimum atomic E-state index is -4.60. The van der Waals surface area contributed by atoms with E-state index in [2.05, 4.69) is 20.8 Å². The van der Waals surface area contributed by atoms with E-state index in [9.17, 15) is 32.3 Å². The lowest BCUT2D eigenvalue weighted by atomic mass is 10.0. The molecule has 204 valence electrons. The number of carbonyl (C=O) groups is 4. The summed E-state index contributed by atoms with van der Waals surface area (Å²) in [6, 6.07) is -2.08. The summed E-state index contributed by atoms with van der Waals surface area (Å²) in [5.74, 6) is -3.93. The molecule has 2 aliphatic heterocycles. The van der Waals surface area contributed by atoms with Gasteiger partial charge in [-0.3, -0.25) is 19.3 Å². The summed E-state index contributed by atoms with van der Waals surface area (Å²) >= 11 is 1.89. The van der Waals surface area contributed by atoms with E-state index < -0.39 is 70.5 Å². The maximum absolute atomic E-state index is 13.1. The molecule has 2 aliphatic rings. The molecule has 0 bridgehead atoms. The number of aryl methyl sites for hydroxylation is 1. The molecule has 3 N–H and O–H groups in total. The van der Waals surface area contributed by atoms with Crippen molar-refractivity contribution in [2.24, 2.45) is 12.8 Å². The summed E-state index contributed by atoms with van der Waals surface area (Å²) < 4.78 is 48.8. The maximum Gasteiger partial charge on any atom is 0.442 e. The molecule has 3 heterocycles. The van der Waals surface area contributed by atoms with E-state index in [0.29, 0.717) is 10.7 Å². The number of halogens is 3. The molecule has 1 fully saturated rings. The lowest BCUT2D eigenvalue weighted by Gasteiger charge is -2.49. The van der Waals surface area contributed by atoms with Gasteiger partial charge in [0.1, 0.15) is 23.2 Å². The highest BCUT2D eigenvalue weighted by Crippen LogP contribution is 2.42. The first-order chi connectivity index (χ1) is 17.3. The Morgan fingerprint density at radius 3 is 2.59 bits per heavy atom. The molecule has 2 unspecified atom stereocenters. The highest BCUT2D eigenvalue weighted by Gasteiger charge is 2.54. The van der Waals surface area contributed by atoms with E-state index in [4.69, 9.17) is 15.2 Å². The number of amides is 2. The number of alkyl halides is 3. The van der Waals surface area contributed by atoms with Crippen LogP contribution in [-0.4, -0.2) is 95.4 Å². The van der Waals surface area contributed by atoms with Crippen molar-refractivity contribution in [1.82, 2.24) is 30.4 Å². The summed E-state index contributed by atoms with van der Waals surface area (Å²) in [5, 5.41) is 13.1. The van der Waals surface area contributed by atoms with Crippen LogP contribution in [0.1, 0.15) is 13.8 Å². The second-order valence-corrected chi connectivity index (χ2v) is 10.8. The van der Waals surface area contributed by atoms with Crippen LogP contribution in [0.4, 0.5) is 13.2 Å². The predicted molar refractivity (Wildman–Crippen MR) is 125 cm³/mol. The molecule has 2 amide bonds. The smallest absolute Gasteiger partial charge is 0.424 e. The monoisotopic (exact) mass is 585 g/mol. The molecule has 19 heteroatoms. The van der Waals surface area contributed by atoms with Gasteiger partial charge in [-0.2, -0.15) is 13.2 Å². The molecule has 0 aromatic carbocycles. The van der Waals surface area contributed by atoms with Crippen LogP contribution in [0.2, 0.25) is 0 Å². The van der Waals surface area contributed by atoms with Gasteiger partial charge in [0.15, 0.2) is 0 Å². The number of fused-ring (bicyclic) bond motifs is 1. The molecule has 0 radical (unpaired) electrons. The van der Waals surface area contributed by atoms with E-state index in [0.717, 1.165) is 4.90 Å². The van der Waals surface area contributed by atoms with Crippen LogP contribution in [-0.2, 0) is 35.7 Å². The summed E-state index contributed by atoms with van der Waals surface area (Å²) in [6.45, 7) is 2.69. The zero-order chi connectivity index (χ0) is 27.5. The van der Waals surface area contributed by atoms with Gasteiger partial charge in [0, 0.05) is 25.5 Å². The minimum absolute atomic E-state index is 0.116. The van der Waals surface area contributed by atoms with Crippen molar-refractivity contribution in [3.8, 4) is 0 Å². The van der Waals surface area contributed by atoms with Gasteiger partial charge in [-0.25, -0.2) is 9.48 Å². The normalized spacial score (nSPS) is 21.1. The van der Waals surface area contributed by atoms with Gasteiger partial charge in [-0.1, -0.05) is 11.8 Å². The van der Waals surface area contributed by atoms with Gasteiger partial charge in [-0.05, 0) is 34.7 Å². The Kier molecular flexibility index (Phi) is 9.35. The molecule has 0 saturated carbocycles. The zero-order valence-electron chi connectivity index (χ0n) is 19.6. The molecule has 1 aromatic heterocycles. The maximum atomic E-state index is 13.1. The number of hydrogen-bond acceptors (Lipinski definition) is 13. The number of nitrogens with zero attached hydrogens (tertiary/aromatic N) is 5. The fraction of sp³-hybridized carbons (Fsp3) is 0.611. The van der Waals surface area contributed by atoms with Gasteiger partial charge in [0.2, 0.25) is 17.4 Å². The number of esters is 2. The summed E-state index contributed by atoms with van der Waals surface area (Å²) in [6.07, 6.45) is -1.32. The van der Waals surface area contributed by atoms with Crippen LogP contribution in [0.25, 0.3) is 0 Å². The van der Waals surface area contributed by atoms with Crippen molar-refractivity contribution in [1.29, 1.82) is 0 Å². The van der Waals surface area contributed by atoms with E-state index in [-0.39, 0.29) is 17.2 Å². The van der Waals surface area contributed by atoms with E-state index in [1.54, 1.807) is 7.05 Å². The summed E-state index contributed by atoms with van der Waals surface area (Å²) in [4.78, 5) is 50.8. The first-order valence-electron chi connectivity index (χ1n) is 10.5. The van der Waals surface area contributed by atoms with Crippen molar-refractivity contribution in [3.63, 3.8) is 0 Å². The fourth-order valence-electron chi connectivity index (χ4n) is 3.14. The Hall–Kier alpha value is -2.51. The number of tetrazole rings is 1. The van der Waals surface area contributed by atoms with Crippen molar-refractivity contribution < 1.29 is 41.8 Å². The number of thioether (sulfide) groups is 3. The van der Waals surface area contributed by atoms with Crippen LogP contribution in [0.3, 0.4) is 0 Å². The quantitative estimate of drug-likeness (QED) is 0.163. The van der Waals surface area contributed by atoms with Crippen molar-refractivity contribution in [2.75, 3.05) is 17.3 Å². The Bertz CT molecular complexity index is 1100. The van der Waals surface area contributed by atoms with Gasteiger partial charge in [-0.15, -0.1) is 16.9 Å². The van der Waals surface area contributed by atoms with Crippen LogP contribution in [0, 0.1) is 0 Å². The van der Waals surface area contributed by atoms with Gasteiger partial charge >= 0.3 is 17.4 Å². The Morgan fingerprint density at radius 2 is 2.00 bits per heavy atom. The molecule has 4 atom stereocenters. The number of aromatic nitrogens is 4. The van der Waals surface area contributed by atoms with Crippen LogP contribution < -0.4 is 11.1 Å². The van der Waals surface area contributed by atoms with Crippen molar-refractivity contribution in [3.05, 3.63) is 11.3 Å². The third-order valence-electron chi connectivity index (χ3n) is 4.81. The standard InChI is InChI=1S/C18H22F3N7O6S3/c1-7(22)15(31)33-8(2)34-16(32)12-9(5-36-17-24-25-26-27(17)3)4-35-14-11(13(30)28(12)14)23-10(29)6-37-18(19,20)21/h7-8,11,14H,4-6,22H2,1-3H3,(H,23,29)/t7-,8?,11?,14+/m0/s1.